The van der Waals surface area contributed by atoms with Gasteiger partial charge in [-0.3, -0.25) is 19.4 Å². The first-order chi connectivity index (χ1) is 14.5. The fourth-order valence-electron chi connectivity index (χ4n) is 3.71. The number of hydrogen-bond donors (Lipinski definition) is 1. The van der Waals surface area contributed by atoms with E-state index in [2.05, 4.69) is 30.3 Å². The zero-order valence-corrected chi connectivity index (χ0v) is 17.0. The first-order valence-electron chi connectivity index (χ1n) is 9.98. The lowest BCUT2D eigenvalue weighted by molar-refractivity contribution is 0.102. The average Bonchev–Trinajstić information content (AvgIpc) is 3.16. The molecule has 1 aliphatic heterocycles. The standard InChI is InChI=1S/C21H24FN7O/c1-14-9-19(27-21(30)15-10-24-28(2)12-15)26-20(25-14)18-5-3-4-8-29(18)13-17-7-6-16(22)11-23-17/h6-7,9-12,18H,3-5,8,13H2,1-2H3,(H,25,26,27,30). The second-order valence-corrected chi connectivity index (χ2v) is 7.56. The lowest BCUT2D eigenvalue weighted by atomic mass is 10.0. The lowest BCUT2D eigenvalue weighted by Gasteiger charge is -2.34. The van der Waals surface area contributed by atoms with Crippen LogP contribution in [-0.4, -0.2) is 42.1 Å². The van der Waals surface area contributed by atoms with Crippen LogP contribution in [0.1, 0.15) is 52.9 Å². The van der Waals surface area contributed by atoms with Crippen molar-refractivity contribution in [2.75, 3.05) is 11.9 Å². The van der Waals surface area contributed by atoms with Crippen molar-refractivity contribution in [1.82, 2.24) is 29.6 Å². The fraction of sp³-hybridized carbons (Fsp3) is 0.381. The van der Waals surface area contributed by atoms with Gasteiger partial charge in [-0.15, -0.1) is 0 Å². The molecular formula is C21H24FN7O. The van der Waals surface area contributed by atoms with Crippen LogP contribution in [0.2, 0.25) is 0 Å². The van der Waals surface area contributed by atoms with Crippen molar-refractivity contribution in [2.24, 2.45) is 7.05 Å². The summed E-state index contributed by atoms with van der Waals surface area (Å²) in [6.45, 7) is 3.37. The van der Waals surface area contributed by atoms with Crippen molar-refractivity contribution < 1.29 is 9.18 Å². The van der Waals surface area contributed by atoms with Gasteiger partial charge < -0.3 is 5.32 Å². The summed E-state index contributed by atoms with van der Waals surface area (Å²) in [7, 11) is 1.76. The number of carbonyl (C=O) groups excluding carboxylic acids is 1. The maximum absolute atomic E-state index is 13.2. The second kappa shape index (κ2) is 8.66. The number of nitrogens with zero attached hydrogens (tertiary/aromatic N) is 6. The van der Waals surface area contributed by atoms with Crippen LogP contribution < -0.4 is 5.32 Å². The number of aryl methyl sites for hydroxylation is 2. The highest BCUT2D eigenvalue weighted by atomic mass is 19.1. The number of likely N-dealkylation sites (tertiary alicyclic amines) is 1. The number of anilines is 1. The van der Waals surface area contributed by atoms with Gasteiger partial charge in [0.25, 0.3) is 5.91 Å². The highest BCUT2D eigenvalue weighted by Gasteiger charge is 2.27. The molecule has 1 unspecified atom stereocenters. The van der Waals surface area contributed by atoms with E-state index in [0.29, 0.717) is 23.8 Å². The van der Waals surface area contributed by atoms with Gasteiger partial charge in [0.05, 0.1) is 29.7 Å². The molecule has 0 spiro atoms. The van der Waals surface area contributed by atoms with Gasteiger partial charge in [-0.05, 0) is 38.4 Å². The van der Waals surface area contributed by atoms with E-state index >= 15 is 0 Å². The molecule has 1 amide bonds. The first-order valence-corrected chi connectivity index (χ1v) is 9.98. The molecule has 8 nitrogen and oxygen atoms in total. The van der Waals surface area contributed by atoms with Gasteiger partial charge in [-0.2, -0.15) is 5.10 Å². The van der Waals surface area contributed by atoms with Gasteiger partial charge in [-0.1, -0.05) is 6.42 Å². The number of piperidine rings is 1. The molecule has 1 fully saturated rings. The van der Waals surface area contributed by atoms with Crippen LogP contribution in [0, 0.1) is 12.7 Å². The van der Waals surface area contributed by atoms with Crippen LogP contribution in [0.25, 0.3) is 0 Å². The number of nitrogens with one attached hydrogen (secondary N) is 1. The van der Waals surface area contributed by atoms with E-state index in [1.807, 2.05) is 6.92 Å². The minimum absolute atomic E-state index is 0.0135. The molecule has 4 rings (SSSR count). The summed E-state index contributed by atoms with van der Waals surface area (Å²) in [5, 5.41) is 6.88. The van der Waals surface area contributed by atoms with E-state index in [9.17, 15) is 9.18 Å². The molecule has 156 valence electrons. The van der Waals surface area contributed by atoms with Gasteiger partial charge in [0.15, 0.2) is 0 Å². The Bertz CT molecular complexity index is 1030. The number of rotatable bonds is 5. The maximum atomic E-state index is 13.2. The molecule has 4 heterocycles. The summed E-state index contributed by atoms with van der Waals surface area (Å²) in [6.07, 6.45) is 7.48. The highest BCUT2D eigenvalue weighted by Crippen LogP contribution is 2.30. The van der Waals surface area contributed by atoms with E-state index in [0.717, 1.165) is 37.2 Å². The Balaban J connectivity index is 1.55. The lowest BCUT2D eigenvalue weighted by Crippen LogP contribution is -2.34. The Morgan fingerprint density at radius 3 is 2.87 bits per heavy atom. The van der Waals surface area contributed by atoms with E-state index in [1.165, 1.54) is 18.5 Å². The molecule has 0 aromatic carbocycles. The largest absolute Gasteiger partial charge is 0.306 e. The normalized spacial score (nSPS) is 17.1. The van der Waals surface area contributed by atoms with Crippen molar-refractivity contribution in [2.45, 2.75) is 38.8 Å². The summed E-state index contributed by atoms with van der Waals surface area (Å²) in [5.74, 6) is 0.545. The monoisotopic (exact) mass is 409 g/mol. The number of hydrogen-bond acceptors (Lipinski definition) is 6. The smallest absolute Gasteiger partial charge is 0.260 e. The maximum Gasteiger partial charge on any atom is 0.260 e. The van der Waals surface area contributed by atoms with Gasteiger partial charge in [-0.25, -0.2) is 14.4 Å². The average molecular weight is 409 g/mol. The number of halogens is 1. The van der Waals surface area contributed by atoms with Crippen LogP contribution in [-0.2, 0) is 13.6 Å². The summed E-state index contributed by atoms with van der Waals surface area (Å²) in [6, 6.07) is 4.90. The Hall–Kier alpha value is -3.20. The molecule has 0 radical (unpaired) electrons. The van der Waals surface area contributed by atoms with E-state index in [1.54, 1.807) is 30.1 Å². The molecular weight excluding hydrogens is 385 g/mol. The Morgan fingerprint density at radius 1 is 1.27 bits per heavy atom. The van der Waals surface area contributed by atoms with E-state index in [-0.39, 0.29) is 17.8 Å². The summed E-state index contributed by atoms with van der Waals surface area (Å²) >= 11 is 0. The third kappa shape index (κ3) is 4.68. The highest BCUT2D eigenvalue weighted by molar-refractivity contribution is 6.03. The first kappa shape index (κ1) is 20.1. The van der Waals surface area contributed by atoms with Crippen molar-refractivity contribution in [1.29, 1.82) is 0 Å². The second-order valence-electron chi connectivity index (χ2n) is 7.56. The molecule has 3 aromatic rings. The molecule has 0 bridgehead atoms. The SMILES string of the molecule is Cc1cc(NC(=O)c2cnn(C)c2)nc(C2CCCCN2Cc2ccc(F)cn2)n1. The third-order valence-corrected chi connectivity index (χ3v) is 5.15. The molecule has 1 aliphatic rings. The number of amides is 1. The van der Waals surface area contributed by atoms with Gasteiger partial charge in [0.2, 0.25) is 0 Å². The minimum Gasteiger partial charge on any atom is -0.306 e. The van der Waals surface area contributed by atoms with Crippen molar-refractivity contribution >= 4 is 11.7 Å². The van der Waals surface area contributed by atoms with E-state index < -0.39 is 0 Å². The van der Waals surface area contributed by atoms with Crippen LogP contribution in [0.4, 0.5) is 10.2 Å². The molecule has 3 aromatic heterocycles. The zero-order valence-electron chi connectivity index (χ0n) is 17.0. The molecule has 1 N–H and O–H groups in total. The number of aromatic nitrogens is 5. The summed E-state index contributed by atoms with van der Waals surface area (Å²) < 4.78 is 14.8. The van der Waals surface area contributed by atoms with Crippen LogP contribution in [0.15, 0.2) is 36.8 Å². The Morgan fingerprint density at radius 2 is 2.13 bits per heavy atom. The molecule has 0 aliphatic carbocycles. The molecule has 1 saturated heterocycles. The van der Waals surface area contributed by atoms with Gasteiger partial charge >= 0.3 is 0 Å². The predicted octanol–water partition coefficient (Wildman–Crippen LogP) is 3.03. The molecule has 0 saturated carbocycles. The summed E-state index contributed by atoms with van der Waals surface area (Å²) in [5.41, 5.74) is 2.06. The predicted molar refractivity (Wildman–Crippen MR) is 109 cm³/mol. The number of pyridine rings is 1. The van der Waals surface area contributed by atoms with Crippen molar-refractivity contribution in [3.8, 4) is 0 Å². The quantitative estimate of drug-likeness (QED) is 0.697. The van der Waals surface area contributed by atoms with Crippen molar-refractivity contribution in [3.63, 3.8) is 0 Å². The van der Waals surface area contributed by atoms with Crippen LogP contribution >= 0.6 is 0 Å². The Kier molecular flexibility index (Phi) is 5.80. The fourth-order valence-corrected chi connectivity index (χ4v) is 3.71. The van der Waals surface area contributed by atoms with Crippen LogP contribution in [0.3, 0.4) is 0 Å². The van der Waals surface area contributed by atoms with E-state index in [4.69, 9.17) is 0 Å². The molecule has 9 heteroatoms. The molecule has 1 atom stereocenters. The zero-order chi connectivity index (χ0) is 21.1. The topological polar surface area (TPSA) is 88.8 Å². The van der Waals surface area contributed by atoms with Crippen molar-refractivity contribution in [3.05, 3.63) is 65.4 Å². The van der Waals surface area contributed by atoms with Crippen LogP contribution in [0.5, 0.6) is 0 Å². The van der Waals surface area contributed by atoms with Gasteiger partial charge in [0, 0.05) is 31.5 Å². The molecule has 30 heavy (non-hydrogen) atoms. The minimum atomic E-state index is -0.343. The van der Waals surface area contributed by atoms with Gasteiger partial charge in [0.1, 0.15) is 17.5 Å². The Labute approximate surface area is 174 Å². The summed E-state index contributed by atoms with van der Waals surface area (Å²) in [4.78, 5) is 28.2. The number of carbonyl (C=O) groups is 1. The third-order valence-electron chi connectivity index (χ3n) is 5.15.